The summed E-state index contributed by atoms with van der Waals surface area (Å²) in [6.45, 7) is 5.86. The fourth-order valence-corrected chi connectivity index (χ4v) is 3.27. The molecular formula is C15H17N3OS2. The number of amidine groups is 1. The van der Waals surface area contributed by atoms with Crippen molar-refractivity contribution in [2.24, 2.45) is 0 Å². The zero-order valence-electron chi connectivity index (χ0n) is 12.0. The first-order valence-corrected chi connectivity index (χ1v) is 7.65. The monoisotopic (exact) mass is 319 g/mol. The van der Waals surface area contributed by atoms with Crippen LogP contribution in [0.2, 0.25) is 0 Å². The van der Waals surface area contributed by atoms with Gasteiger partial charge in [-0.15, -0.1) is 19.2 Å². The van der Waals surface area contributed by atoms with E-state index >= 15 is 0 Å². The molecule has 0 radical (unpaired) electrons. The largest absolute Gasteiger partial charge is 0.346 e. The maximum Gasteiger partial charge on any atom is 0.268 e. The fraction of sp³-hybridized carbons (Fsp3) is 0.200. The number of nitrogens with zero attached hydrogens (tertiary/aromatic N) is 2. The first-order chi connectivity index (χ1) is 9.97. The standard InChI is InChI=1S/C15H17N3OS2/c1-4-9-18-14(19)13(21-15(18)16)10(2)17(3)11-7-5-6-8-12(11)20/h4-8,16,20H,1,9H2,2-3H3/b13-10+,16-15?. The van der Waals surface area contributed by atoms with Gasteiger partial charge in [0, 0.05) is 24.2 Å². The first-order valence-electron chi connectivity index (χ1n) is 6.39. The molecule has 4 nitrogen and oxygen atoms in total. The van der Waals surface area contributed by atoms with Gasteiger partial charge in [-0.3, -0.25) is 15.1 Å². The smallest absolute Gasteiger partial charge is 0.268 e. The van der Waals surface area contributed by atoms with E-state index in [1.807, 2.05) is 43.1 Å². The van der Waals surface area contributed by atoms with Gasteiger partial charge in [0.2, 0.25) is 0 Å². The Bertz CT molecular complexity index is 640. The Hall–Kier alpha value is -1.66. The molecular weight excluding hydrogens is 302 g/mol. The van der Waals surface area contributed by atoms with Crippen LogP contribution in [0.15, 0.2) is 52.4 Å². The summed E-state index contributed by atoms with van der Waals surface area (Å²) in [5, 5.41) is 8.14. The number of thiol groups is 1. The van der Waals surface area contributed by atoms with Crippen LogP contribution in [0.1, 0.15) is 6.92 Å². The van der Waals surface area contributed by atoms with E-state index in [1.54, 1.807) is 6.08 Å². The molecule has 1 saturated heterocycles. The summed E-state index contributed by atoms with van der Waals surface area (Å²) in [4.78, 5) is 17.1. The molecule has 0 aliphatic carbocycles. The second-order valence-electron chi connectivity index (χ2n) is 4.57. The molecule has 0 saturated carbocycles. The molecule has 1 N–H and O–H groups in total. The van der Waals surface area contributed by atoms with Crippen LogP contribution < -0.4 is 4.90 Å². The molecule has 1 amide bonds. The van der Waals surface area contributed by atoms with E-state index in [9.17, 15) is 4.79 Å². The number of nitrogens with one attached hydrogen (secondary N) is 1. The topological polar surface area (TPSA) is 47.4 Å². The summed E-state index contributed by atoms with van der Waals surface area (Å²) in [5.74, 6) is -0.147. The molecule has 6 heteroatoms. The molecule has 110 valence electrons. The summed E-state index contributed by atoms with van der Waals surface area (Å²) in [6, 6.07) is 7.70. The number of hydrogen-bond acceptors (Lipinski definition) is 5. The molecule has 1 aliphatic heterocycles. The minimum absolute atomic E-state index is 0.147. The zero-order chi connectivity index (χ0) is 15.6. The number of hydrogen-bond donors (Lipinski definition) is 2. The second kappa shape index (κ2) is 6.41. The van der Waals surface area contributed by atoms with Crippen LogP contribution in [-0.2, 0) is 4.79 Å². The van der Waals surface area contributed by atoms with Gasteiger partial charge in [0.1, 0.15) is 0 Å². The SMILES string of the molecule is C=CCN1C(=N)S/C(=C(\C)N(C)c2ccccc2S)C1=O. The summed E-state index contributed by atoms with van der Waals surface area (Å²) < 4.78 is 0. The molecule has 0 bridgehead atoms. The first kappa shape index (κ1) is 15.7. The quantitative estimate of drug-likeness (QED) is 0.508. The molecule has 1 aromatic carbocycles. The minimum atomic E-state index is -0.147. The van der Waals surface area contributed by atoms with Gasteiger partial charge in [-0.1, -0.05) is 18.2 Å². The van der Waals surface area contributed by atoms with Crippen molar-refractivity contribution in [3.05, 3.63) is 47.5 Å². The molecule has 1 aliphatic rings. The maximum atomic E-state index is 12.4. The van der Waals surface area contributed by atoms with Crippen LogP contribution in [0.25, 0.3) is 0 Å². The number of carbonyl (C=O) groups is 1. The van der Waals surface area contributed by atoms with Crippen molar-refractivity contribution < 1.29 is 4.79 Å². The van der Waals surface area contributed by atoms with Crippen molar-refractivity contribution in [1.82, 2.24) is 4.90 Å². The van der Waals surface area contributed by atoms with Crippen molar-refractivity contribution >= 4 is 41.2 Å². The van der Waals surface area contributed by atoms with Crippen molar-refractivity contribution in [3.8, 4) is 0 Å². The highest BCUT2D eigenvalue weighted by Gasteiger charge is 2.33. The predicted molar refractivity (Wildman–Crippen MR) is 92.0 cm³/mol. The lowest BCUT2D eigenvalue weighted by Crippen LogP contribution is -2.29. The van der Waals surface area contributed by atoms with Gasteiger partial charge < -0.3 is 4.90 Å². The lowest BCUT2D eigenvalue weighted by atomic mass is 10.2. The minimum Gasteiger partial charge on any atom is -0.346 e. The molecule has 0 atom stereocenters. The van der Waals surface area contributed by atoms with Crippen molar-refractivity contribution in [1.29, 1.82) is 5.41 Å². The van der Waals surface area contributed by atoms with Crippen LogP contribution >= 0.6 is 24.4 Å². The molecule has 21 heavy (non-hydrogen) atoms. The number of thioether (sulfide) groups is 1. The van der Waals surface area contributed by atoms with Gasteiger partial charge in [0.25, 0.3) is 5.91 Å². The average Bonchev–Trinajstić information content (AvgIpc) is 2.75. The van der Waals surface area contributed by atoms with Crippen molar-refractivity contribution in [3.63, 3.8) is 0 Å². The summed E-state index contributed by atoms with van der Waals surface area (Å²) in [6.07, 6.45) is 1.62. The summed E-state index contributed by atoms with van der Waals surface area (Å²) in [7, 11) is 1.89. The number of carbonyl (C=O) groups excluding carboxylic acids is 1. The molecule has 0 unspecified atom stereocenters. The number of para-hydroxylation sites is 1. The van der Waals surface area contributed by atoms with Gasteiger partial charge in [-0.25, -0.2) is 0 Å². The van der Waals surface area contributed by atoms with Crippen LogP contribution in [0.4, 0.5) is 5.69 Å². The van der Waals surface area contributed by atoms with Crippen molar-refractivity contribution in [2.75, 3.05) is 18.5 Å². The Balaban J connectivity index is 2.36. The van der Waals surface area contributed by atoms with Crippen molar-refractivity contribution in [2.45, 2.75) is 11.8 Å². The van der Waals surface area contributed by atoms with Crippen LogP contribution in [0.3, 0.4) is 0 Å². The van der Waals surface area contributed by atoms with Gasteiger partial charge in [0.05, 0.1) is 10.6 Å². The van der Waals surface area contributed by atoms with Gasteiger partial charge in [-0.2, -0.15) is 0 Å². The Kier molecular flexibility index (Phi) is 4.80. The highest BCUT2D eigenvalue weighted by Crippen LogP contribution is 2.35. The molecule has 1 aromatic rings. The van der Waals surface area contributed by atoms with E-state index in [2.05, 4.69) is 19.2 Å². The normalized spacial score (nSPS) is 17.2. The Morgan fingerprint density at radius 2 is 2.19 bits per heavy atom. The Morgan fingerprint density at radius 1 is 1.52 bits per heavy atom. The number of allylic oxidation sites excluding steroid dienone is 1. The van der Waals surface area contributed by atoms with Gasteiger partial charge in [0.15, 0.2) is 5.17 Å². The third kappa shape index (κ3) is 3.01. The molecule has 1 fully saturated rings. The lowest BCUT2D eigenvalue weighted by Gasteiger charge is -2.22. The number of benzene rings is 1. The van der Waals surface area contributed by atoms with Gasteiger partial charge in [-0.05, 0) is 30.8 Å². The molecule has 1 heterocycles. The summed E-state index contributed by atoms with van der Waals surface area (Å²) >= 11 is 5.63. The molecule has 0 spiro atoms. The zero-order valence-corrected chi connectivity index (χ0v) is 13.7. The second-order valence-corrected chi connectivity index (χ2v) is 6.05. The number of rotatable bonds is 4. The third-order valence-electron chi connectivity index (χ3n) is 3.27. The van der Waals surface area contributed by atoms with Crippen LogP contribution in [-0.4, -0.2) is 29.6 Å². The van der Waals surface area contributed by atoms with E-state index in [0.717, 1.165) is 16.3 Å². The van der Waals surface area contributed by atoms with E-state index in [-0.39, 0.29) is 11.1 Å². The Labute approximate surface area is 134 Å². The summed E-state index contributed by atoms with van der Waals surface area (Å²) in [5.41, 5.74) is 1.73. The average molecular weight is 319 g/mol. The van der Waals surface area contributed by atoms with Crippen LogP contribution in [0, 0.1) is 5.41 Å². The molecule has 2 rings (SSSR count). The number of amides is 1. The van der Waals surface area contributed by atoms with E-state index in [1.165, 1.54) is 16.7 Å². The van der Waals surface area contributed by atoms with Crippen LogP contribution in [0.5, 0.6) is 0 Å². The van der Waals surface area contributed by atoms with E-state index in [0.29, 0.717) is 11.4 Å². The highest BCUT2D eigenvalue weighted by molar-refractivity contribution is 8.18. The van der Waals surface area contributed by atoms with E-state index in [4.69, 9.17) is 5.41 Å². The maximum absolute atomic E-state index is 12.4. The molecule has 0 aromatic heterocycles. The highest BCUT2D eigenvalue weighted by atomic mass is 32.2. The number of anilines is 1. The van der Waals surface area contributed by atoms with Gasteiger partial charge >= 0.3 is 0 Å². The van der Waals surface area contributed by atoms with E-state index < -0.39 is 0 Å². The predicted octanol–water partition coefficient (Wildman–Crippen LogP) is 3.34. The third-order valence-corrected chi connectivity index (χ3v) is 4.74. The fourth-order valence-electron chi connectivity index (χ4n) is 2.01. The lowest BCUT2D eigenvalue weighted by molar-refractivity contribution is -0.122. The Morgan fingerprint density at radius 3 is 2.81 bits per heavy atom.